The summed E-state index contributed by atoms with van der Waals surface area (Å²) in [6.07, 6.45) is 2.82. The predicted octanol–water partition coefficient (Wildman–Crippen LogP) is 1.89. The lowest BCUT2D eigenvalue weighted by Gasteiger charge is -2.08. The number of H-pyrrole nitrogens is 1. The molecular formula is C11H9FN4O3. The summed E-state index contributed by atoms with van der Waals surface area (Å²) in [6, 6.07) is 2.40. The number of aromatic carboxylic acids is 1. The molecule has 0 saturated carbocycles. The molecule has 0 fully saturated rings. The first-order valence-electron chi connectivity index (χ1n) is 5.16. The van der Waals surface area contributed by atoms with Gasteiger partial charge in [-0.2, -0.15) is 5.10 Å². The first-order chi connectivity index (χ1) is 9.06. The van der Waals surface area contributed by atoms with Gasteiger partial charge in [-0.3, -0.25) is 5.10 Å². The van der Waals surface area contributed by atoms with Crippen molar-refractivity contribution in [3.8, 4) is 0 Å². The number of amides is 2. The fourth-order valence-corrected chi connectivity index (χ4v) is 1.41. The van der Waals surface area contributed by atoms with E-state index >= 15 is 0 Å². The van der Waals surface area contributed by atoms with E-state index in [1.54, 1.807) is 0 Å². The Bertz CT molecular complexity index is 612. The Kier molecular flexibility index (Phi) is 3.42. The van der Waals surface area contributed by atoms with E-state index in [4.69, 9.17) is 5.11 Å². The molecule has 0 aliphatic heterocycles. The van der Waals surface area contributed by atoms with Crippen LogP contribution in [0, 0.1) is 5.82 Å². The van der Waals surface area contributed by atoms with Crippen molar-refractivity contribution in [1.82, 2.24) is 10.2 Å². The quantitative estimate of drug-likeness (QED) is 0.679. The van der Waals surface area contributed by atoms with Gasteiger partial charge in [-0.15, -0.1) is 0 Å². The zero-order chi connectivity index (χ0) is 13.8. The highest BCUT2D eigenvalue weighted by Crippen LogP contribution is 2.17. The van der Waals surface area contributed by atoms with E-state index in [2.05, 4.69) is 20.8 Å². The maximum Gasteiger partial charge on any atom is 0.337 e. The minimum absolute atomic E-state index is 0.00473. The number of anilines is 2. The minimum atomic E-state index is -1.34. The van der Waals surface area contributed by atoms with Gasteiger partial charge in [0.1, 0.15) is 5.82 Å². The van der Waals surface area contributed by atoms with Crippen molar-refractivity contribution in [2.24, 2.45) is 0 Å². The molecule has 0 atom stereocenters. The summed E-state index contributed by atoms with van der Waals surface area (Å²) in [6.45, 7) is 0. The van der Waals surface area contributed by atoms with Crippen molar-refractivity contribution in [3.05, 3.63) is 42.0 Å². The number of rotatable bonds is 3. The zero-order valence-corrected chi connectivity index (χ0v) is 9.48. The van der Waals surface area contributed by atoms with Crippen molar-refractivity contribution in [2.75, 3.05) is 10.6 Å². The fraction of sp³-hybridized carbons (Fsp3) is 0. The number of carboxylic acid groups (broad SMARTS) is 1. The van der Waals surface area contributed by atoms with Gasteiger partial charge < -0.3 is 15.7 Å². The summed E-state index contributed by atoms with van der Waals surface area (Å²) < 4.78 is 12.9. The number of nitrogens with zero attached hydrogens (tertiary/aromatic N) is 1. The van der Waals surface area contributed by atoms with Gasteiger partial charge in [0, 0.05) is 6.20 Å². The lowest BCUT2D eigenvalue weighted by atomic mass is 10.2. The van der Waals surface area contributed by atoms with Crippen molar-refractivity contribution in [1.29, 1.82) is 0 Å². The maximum absolute atomic E-state index is 12.9. The fourth-order valence-electron chi connectivity index (χ4n) is 1.41. The lowest BCUT2D eigenvalue weighted by molar-refractivity contribution is 0.0697. The minimum Gasteiger partial charge on any atom is -0.478 e. The summed E-state index contributed by atoms with van der Waals surface area (Å²) in [5.74, 6) is -2.03. The summed E-state index contributed by atoms with van der Waals surface area (Å²) in [4.78, 5) is 22.5. The van der Waals surface area contributed by atoms with Crippen LogP contribution in [0.1, 0.15) is 10.4 Å². The Hall–Kier alpha value is -2.90. The van der Waals surface area contributed by atoms with E-state index in [1.165, 1.54) is 18.5 Å². The molecule has 1 aromatic carbocycles. The van der Waals surface area contributed by atoms with E-state index in [0.717, 1.165) is 12.1 Å². The normalized spacial score (nSPS) is 9.95. The number of nitrogens with one attached hydrogen (secondary N) is 3. The van der Waals surface area contributed by atoms with Gasteiger partial charge in [-0.1, -0.05) is 0 Å². The summed E-state index contributed by atoms with van der Waals surface area (Å²) in [5, 5.41) is 19.8. The highest BCUT2D eigenvalue weighted by atomic mass is 19.1. The van der Waals surface area contributed by atoms with Gasteiger partial charge >= 0.3 is 12.0 Å². The molecule has 0 aliphatic carbocycles. The molecule has 19 heavy (non-hydrogen) atoms. The predicted molar refractivity (Wildman–Crippen MR) is 64.6 cm³/mol. The van der Waals surface area contributed by atoms with E-state index in [0.29, 0.717) is 5.69 Å². The molecule has 4 N–H and O–H groups in total. The van der Waals surface area contributed by atoms with E-state index in [9.17, 15) is 14.0 Å². The summed E-state index contributed by atoms with van der Waals surface area (Å²) in [5.41, 5.74) is 0.0775. The molecule has 8 heteroatoms. The molecule has 7 nitrogen and oxygen atoms in total. The molecule has 2 amide bonds. The third kappa shape index (κ3) is 3.06. The van der Waals surface area contributed by atoms with Gasteiger partial charge in [-0.05, 0) is 18.2 Å². The van der Waals surface area contributed by atoms with Crippen LogP contribution < -0.4 is 10.6 Å². The number of aromatic nitrogens is 2. The van der Waals surface area contributed by atoms with Crippen molar-refractivity contribution >= 4 is 23.4 Å². The molecule has 0 unspecified atom stereocenters. The number of hydrogen-bond acceptors (Lipinski definition) is 3. The number of carboxylic acids is 1. The second kappa shape index (κ2) is 5.17. The SMILES string of the molecule is O=C(Nc1cn[nH]c1)Nc1ccc(F)cc1C(=O)O. The van der Waals surface area contributed by atoms with Crippen LogP contribution in [-0.4, -0.2) is 27.3 Å². The number of hydrogen-bond donors (Lipinski definition) is 4. The number of benzene rings is 1. The smallest absolute Gasteiger partial charge is 0.337 e. The average molecular weight is 264 g/mol. The number of aromatic amines is 1. The largest absolute Gasteiger partial charge is 0.478 e. The molecular weight excluding hydrogens is 255 g/mol. The molecule has 1 heterocycles. The molecule has 0 saturated heterocycles. The standard InChI is InChI=1S/C11H9FN4O3/c12-6-1-2-9(8(3-6)10(17)18)16-11(19)15-7-4-13-14-5-7/h1-5H,(H,13,14)(H,17,18)(H2,15,16,19). The molecule has 98 valence electrons. The van der Waals surface area contributed by atoms with Crippen LogP contribution in [0.2, 0.25) is 0 Å². The molecule has 0 spiro atoms. The number of halogens is 1. The molecule has 0 radical (unpaired) electrons. The Morgan fingerprint density at radius 1 is 1.32 bits per heavy atom. The topological polar surface area (TPSA) is 107 Å². The number of carbonyl (C=O) groups excluding carboxylic acids is 1. The van der Waals surface area contributed by atoms with Gasteiger partial charge in [0.2, 0.25) is 0 Å². The van der Waals surface area contributed by atoms with Crippen LogP contribution in [-0.2, 0) is 0 Å². The molecule has 2 aromatic rings. The maximum atomic E-state index is 12.9. The van der Waals surface area contributed by atoms with Gasteiger partial charge in [0.15, 0.2) is 0 Å². The Morgan fingerprint density at radius 3 is 2.74 bits per heavy atom. The van der Waals surface area contributed by atoms with Gasteiger partial charge in [0.05, 0.1) is 23.1 Å². The van der Waals surface area contributed by atoms with Crippen LogP contribution in [0.15, 0.2) is 30.6 Å². The van der Waals surface area contributed by atoms with Crippen LogP contribution in [0.25, 0.3) is 0 Å². The number of carbonyl (C=O) groups is 2. The zero-order valence-electron chi connectivity index (χ0n) is 9.48. The summed E-state index contributed by atoms with van der Waals surface area (Å²) >= 11 is 0. The number of urea groups is 1. The first kappa shape index (κ1) is 12.6. The highest BCUT2D eigenvalue weighted by Gasteiger charge is 2.13. The third-order valence-electron chi connectivity index (χ3n) is 2.22. The molecule has 1 aromatic heterocycles. The second-order valence-electron chi connectivity index (χ2n) is 3.56. The van der Waals surface area contributed by atoms with E-state index in [-0.39, 0.29) is 11.3 Å². The van der Waals surface area contributed by atoms with Gasteiger partial charge in [0.25, 0.3) is 0 Å². The molecule has 0 bridgehead atoms. The van der Waals surface area contributed by atoms with Gasteiger partial charge in [-0.25, -0.2) is 14.0 Å². The van der Waals surface area contributed by atoms with Crippen LogP contribution in [0.5, 0.6) is 0 Å². The Morgan fingerprint density at radius 2 is 2.11 bits per heavy atom. The third-order valence-corrected chi connectivity index (χ3v) is 2.22. The Labute approximate surface area is 106 Å². The van der Waals surface area contributed by atoms with E-state index < -0.39 is 17.8 Å². The van der Waals surface area contributed by atoms with Crippen molar-refractivity contribution < 1.29 is 19.1 Å². The Balaban J connectivity index is 2.14. The molecule has 0 aliphatic rings. The lowest BCUT2D eigenvalue weighted by Crippen LogP contribution is -2.20. The van der Waals surface area contributed by atoms with Crippen molar-refractivity contribution in [2.45, 2.75) is 0 Å². The second-order valence-corrected chi connectivity index (χ2v) is 3.56. The summed E-state index contributed by atoms with van der Waals surface area (Å²) in [7, 11) is 0. The van der Waals surface area contributed by atoms with Crippen LogP contribution in [0.4, 0.5) is 20.6 Å². The van der Waals surface area contributed by atoms with E-state index in [1.807, 2.05) is 0 Å². The van der Waals surface area contributed by atoms with Crippen LogP contribution >= 0.6 is 0 Å². The monoisotopic (exact) mass is 264 g/mol. The molecule has 2 rings (SSSR count). The van der Waals surface area contributed by atoms with Crippen molar-refractivity contribution in [3.63, 3.8) is 0 Å². The first-order valence-corrected chi connectivity index (χ1v) is 5.16. The van der Waals surface area contributed by atoms with Crippen LogP contribution in [0.3, 0.4) is 0 Å². The highest BCUT2D eigenvalue weighted by molar-refractivity contribution is 6.04. The average Bonchev–Trinajstić information content (AvgIpc) is 2.83.